The first kappa shape index (κ1) is 14.7. The molecule has 106 valence electrons. The van der Waals surface area contributed by atoms with Gasteiger partial charge < -0.3 is 9.05 Å². The molecule has 1 aliphatic rings. The van der Waals surface area contributed by atoms with E-state index in [-0.39, 0.29) is 23.3 Å². The number of hydrogen-bond donors (Lipinski definition) is 0. The summed E-state index contributed by atoms with van der Waals surface area (Å²) in [7, 11) is 0.440. The Balaban J connectivity index is 2.74. The molecule has 0 bridgehead atoms. The molecule has 0 saturated carbocycles. The van der Waals surface area contributed by atoms with Crippen molar-refractivity contribution in [2.45, 2.75) is 59.0 Å². The summed E-state index contributed by atoms with van der Waals surface area (Å²) >= 11 is 0. The van der Waals surface area contributed by atoms with Gasteiger partial charge in [-0.05, 0) is 28.0 Å². The van der Waals surface area contributed by atoms with E-state index in [0.717, 1.165) is 11.1 Å². The summed E-state index contributed by atoms with van der Waals surface area (Å²) in [6.07, 6.45) is 0. The summed E-state index contributed by atoms with van der Waals surface area (Å²) in [5, 5.41) is 0. The fraction of sp³-hybridized carbons (Fsp3) is 0.600. The van der Waals surface area contributed by atoms with Gasteiger partial charge in [-0.2, -0.15) is 9.03 Å². The molecule has 0 amide bonds. The van der Waals surface area contributed by atoms with Gasteiger partial charge in [0.05, 0.1) is 11.3 Å². The Labute approximate surface area is 116 Å². The van der Waals surface area contributed by atoms with Crippen LogP contribution in [0.15, 0.2) is 6.07 Å². The Hall–Kier alpha value is -0.660. The van der Waals surface area contributed by atoms with Crippen LogP contribution in [-0.2, 0) is 22.0 Å². The van der Waals surface area contributed by atoms with Crippen LogP contribution in [0.25, 0.3) is 0 Å². The quantitative estimate of drug-likeness (QED) is 0.616. The third kappa shape index (κ3) is 2.78. The van der Waals surface area contributed by atoms with Gasteiger partial charge in [0.2, 0.25) is 0 Å². The van der Waals surface area contributed by atoms with Crippen LogP contribution in [0.4, 0.5) is 4.39 Å². The molecule has 0 N–H and O–H groups in total. The van der Waals surface area contributed by atoms with Gasteiger partial charge in [-0.3, -0.25) is 0 Å². The minimum atomic E-state index is -0.242. The molecular weight excluding hydrogens is 262 g/mol. The molecule has 0 atom stereocenters. The fourth-order valence-corrected chi connectivity index (χ4v) is 2.71. The molecule has 1 aromatic rings. The molecule has 4 heteroatoms. The smallest absolute Gasteiger partial charge is 0.135 e. The lowest BCUT2D eigenvalue weighted by Gasteiger charge is -2.37. The largest absolute Gasteiger partial charge is 0.641 e. The van der Waals surface area contributed by atoms with E-state index in [2.05, 4.69) is 20.8 Å². The number of benzene rings is 1. The van der Waals surface area contributed by atoms with Crippen LogP contribution in [0, 0.1) is 5.82 Å². The average Bonchev–Trinajstić information content (AvgIpc) is 2.26. The number of rotatable bonds is 0. The van der Waals surface area contributed by atoms with E-state index in [1.165, 1.54) is 0 Å². The maximum Gasteiger partial charge on any atom is 0.135 e. The molecule has 0 aliphatic carbocycles. The van der Waals surface area contributed by atoms with Gasteiger partial charge in [-0.15, -0.1) is 0 Å². The molecule has 2 rings (SSSR count). The van der Waals surface area contributed by atoms with E-state index >= 15 is 0 Å². The van der Waals surface area contributed by atoms with Crippen LogP contribution >= 0.6 is 9.03 Å². The normalized spacial score (nSPS) is 17.2. The lowest BCUT2D eigenvalue weighted by molar-refractivity contribution is 0.280. The van der Waals surface area contributed by atoms with Gasteiger partial charge in [0.25, 0.3) is 0 Å². The number of fused-ring (bicyclic) bond motifs is 1. The molecule has 1 heterocycles. The van der Waals surface area contributed by atoms with Crippen LogP contribution in [0.1, 0.15) is 58.2 Å². The molecular formula is C15H21FO2P-. The summed E-state index contributed by atoms with van der Waals surface area (Å²) in [6.45, 7) is 12.7. The lowest BCUT2D eigenvalue weighted by Crippen LogP contribution is -2.21. The minimum absolute atomic E-state index is 0.0926. The van der Waals surface area contributed by atoms with Crippen molar-refractivity contribution in [3.05, 3.63) is 28.6 Å². The van der Waals surface area contributed by atoms with E-state index in [9.17, 15) is 4.39 Å². The lowest BCUT2D eigenvalue weighted by atomic mass is 9.78. The van der Waals surface area contributed by atoms with Crippen LogP contribution in [0.3, 0.4) is 0 Å². The van der Waals surface area contributed by atoms with Crippen molar-refractivity contribution in [3.8, 4) is 5.75 Å². The van der Waals surface area contributed by atoms with E-state index in [4.69, 9.17) is 9.05 Å². The topological polar surface area (TPSA) is 18.5 Å². The van der Waals surface area contributed by atoms with Crippen molar-refractivity contribution in [2.75, 3.05) is 0 Å². The minimum Gasteiger partial charge on any atom is -0.641 e. The number of hydrogen-bond acceptors (Lipinski definition) is 2. The zero-order valence-electron chi connectivity index (χ0n) is 12.4. The second-order valence-electron chi connectivity index (χ2n) is 7.03. The Morgan fingerprint density at radius 3 is 2.16 bits per heavy atom. The first-order valence-corrected chi connectivity index (χ1v) is 7.21. The highest BCUT2D eigenvalue weighted by Gasteiger charge is 2.29. The summed E-state index contributed by atoms with van der Waals surface area (Å²) in [4.78, 5) is 0. The second kappa shape index (κ2) is 4.71. The Morgan fingerprint density at radius 1 is 1.05 bits per heavy atom. The third-order valence-corrected chi connectivity index (χ3v) is 3.81. The van der Waals surface area contributed by atoms with Crippen molar-refractivity contribution < 1.29 is 13.4 Å². The molecule has 0 unspecified atom stereocenters. The Morgan fingerprint density at radius 2 is 1.63 bits per heavy atom. The maximum absolute atomic E-state index is 14.7. The van der Waals surface area contributed by atoms with Gasteiger partial charge >= 0.3 is 0 Å². The standard InChI is InChI=1S/C15H21FO2P/c1-14(2,3)10-7-11(15(4,5)6)13-9(12(10)16)8-17-19-18-13/h7H,8H2,1-6H3/q-1. The predicted molar refractivity (Wildman–Crippen MR) is 76.1 cm³/mol. The van der Waals surface area contributed by atoms with Crippen molar-refractivity contribution >= 4 is 9.03 Å². The van der Waals surface area contributed by atoms with Crippen LogP contribution in [0.2, 0.25) is 0 Å². The van der Waals surface area contributed by atoms with E-state index in [0.29, 0.717) is 20.3 Å². The van der Waals surface area contributed by atoms with Crippen LogP contribution in [-0.4, -0.2) is 0 Å². The first-order chi connectivity index (χ1) is 8.62. The summed E-state index contributed by atoms with van der Waals surface area (Å²) in [6, 6.07) is 1.95. The molecule has 0 fully saturated rings. The molecule has 0 saturated heterocycles. The van der Waals surface area contributed by atoms with E-state index < -0.39 is 0 Å². The molecule has 1 aliphatic heterocycles. The third-order valence-electron chi connectivity index (χ3n) is 3.31. The first-order valence-electron chi connectivity index (χ1n) is 6.48. The number of halogens is 1. The summed E-state index contributed by atoms with van der Waals surface area (Å²) < 4.78 is 25.4. The van der Waals surface area contributed by atoms with Gasteiger partial charge in [-0.25, -0.2) is 4.39 Å². The van der Waals surface area contributed by atoms with Crippen molar-refractivity contribution in [2.24, 2.45) is 0 Å². The van der Waals surface area contributed by atoms with Crippen LogP contribution < -0.4 is 4.52 Å². The molecule has 0 spiro atoms. The van der Waals surface area contributed by atoms with E-state index in [1.807, 2.05) is 26.8 Å². The Bertz CT molecular complexity index is 498. The molecule has 0 radical (unpaired) electrons. The van der Waals surface area contributed by atoms with Gasteiger partial charge in [0.1, 0.15) is 5.82 Å². The fourth-order valence-electron chi connectivity index (χ4n) is 2.19. The second-order valence-corrected chi connectivity index (χ2v) is 7.62. The van der Waals surface area contributed by atoms with Crippen LogP contribution in [0.5, 0.6) is 5.75 Å². The SMILES string of the molecule is CC(C)(C)c1cc(C(C)(C)C)c2c(c1F)CO[P-]O2. The zero-order chi connectivity index (χ0) is 14.4. The van der Waals surface area contributed by atoms with Gasteiger partial charge in [-0.1, -0.05) is 41.5 Å². The van der Waals surface area contributed by atoms with Gasteiger partial charge in [0, 0.05) is 6.61 Å². The van der Waals surface area contributed by atoms with Crippen molar-refractivity contribution in [1.82, 2.24) is 0 Å². The zero-order valence-corrected chi connectivity index (χ0v) is 13.3. The van der Waals surface area contributed by atoms with Crippen molar-refractivity contribution in [1.29, 1.82) is 0 Å². The molecule has 19 heavy (non-hydrogen) atoms. The maximum atomic E-state index is 14.7. The summed E-state index contributed by atoms with van der Waals surface area (Å²) in [5.41, 5.74) is 1.99. The van der Waals surface area contributed by atoms with Gasteiger partial charge in [0.15, 0.2) is 0 Å². The van der Waals surface area contributed by atoms with Crippen molar-refractivity contribution in [3.63, 3.8) is 0 Å². The van der Waals surface area contributed by atoms with E-state index in [1.54, 1.807) is 0 Å². The highest BCUT2D eigenvalue weighted by atomic mass is 31.1. The monoisotopic (exact) mass is 283 g/mol. The molecule has 0 aromatic heterocycles. The highest BCUT2D eigenvalue weighted by Crippen LogP contribution is 2.45. The summed E-state index contributed by atoms with van der Waals surface area (Å²) in [5.74, 6) is 0.469. The Kier molecular flexibility index (Phi) is 3.66. The predicted octanol–water partition coefficient (Wildman–Crippen LogP) is 5.11. The highest BCUT2D eigenvalue weighted by molar-refractivity contribution is 7.26. The molecule has 2 nitrogen and oxygen atoms in total. The average molecular weight is 283 g/mol. The molecule has 1 aromatic carbocycles.